The van der Waals surface area contributed by atoms with Crippen LogP contribution in [0.4, 0.5) is 0 Å². The van der Waals surface area contributed by atoms with Crippen LogP contribution in [-0.4, -0.2) is 7.28 Å². The molecule has 1 heteroatoms. The first kappa shape index (κ1) is 12.8. The smallest absolute Gasteiger partial charge is 0.0651 e. The molecule has 106 valence electrons. The average molecular weight is 258 g/mol. The molecule has 0 radical (unpaired) electrons. The van der Waals surface area contributed by atoms with E-state index in [1.807, 2.05) is 0 Å². The predicted molar refractivity (Wildman–Crippen MR) is 83.9 cm³/mol. The van der Waals surface area contributed by atoms with Gasteiger partial charge < -0.3 is 0 Å². The molecule has 2 heterocycles. The van der Waals surface area contributed by atoms with E-state index >= 15 is 0 Å². The van der Waals surface area contributed by atoms with Gasteiger partial charge in [0.05, 0.1) is 0 Å². The molecule has 19 heavy (non-hydrogen) atoms. The van der Waals surface area contributed by atoms with E-state index in [9.17, 15) is 0 Å². The molecule has 5 fully saturated rings. The Bertz CT molecular complexity index is 362. The highest BCUT2D eigenvalue weighted by Gasteiger charge is 2.67. The number of fused-ring (bicyclic) bond motifs is 4. The van der Waals surface area contributed by atoms with E-state index in [0.717, 1.165) is 34.8 Å². The van der Waals surface area contributed by atoms with E-state index in [0.29, 0.717) is 5.41 Å². The van der Waals surface area contributed by atoms with E-state index in [1.54, 1.807) is 39.4 Å². The van der Waals surface area contributed by atoms with E-state index < -0.39 is 0 Å². The monoisotopic (exact) mass is 258 g/mol. The Balaban J connectivity index is 1.63. The highest BCUT2D eigenvalue weighted by molar-refractivity contribution is 6.40. The summed E-state index contributed by atoms with van der Waals surface area (Å²) in [6, 6.07) is 0. The maximum Gasteiger partial charge on any atom is 0.127 e. The van der Waals surface area contributed by atoms with Crippen molar-refractivity contribution in [1.29, 1.82) is 0 Å². The summed E-state index contributed by atoms with van der Waals surface area (Å²) in [5.41, 5.74) is 1.39. The van der Waals surface area contributed by atoms with Crippen LogP contribution < -0.4 is 0 Å². The third-order valence-corrected chi connectivity index (χ3v) is 8.49. The molecular weight excluding hydrogens is 227 g/mol. The summed E-state index contributed by atoms with van der Waals surface area (Å²) in [5.74, 6) is 5.35. The first-order valence-corrected chi connectivity index (χ1v) is 9.04. The first-order chi connectivity index (χ1) is 9.04. The molecule has 0 aromatic carbocycles. The van der Waals surface area contributed by atoms with E-state index in [-0.39, 0.29) is 0 Å². The van der Waals surface area contributed by atoms with Crippen molar-refractivity contribution in [2.45, 2.75) is 83.8 Å². The van der Waals surface area contributed by atoms with Gasteiger partial charge in [0.2, 0.25) is 0 Å². The molecule has 0 amide bonds. The van der Waals surface area contributed by atoms with E-state index in [1.165, 1.54) is 19.3 Å². The second-order valence-electron chi connectivity index (χ2n) is 9.21. The summed E-state index contributed by atoms with van der Waals surface area (Å²) < 4.78 is 0. The van der Waals surface area contributed by atoms with Gasteiger partial charge in [-0.1, -0.05) is 64.5 Å². The van der Waals surface area contributed by atoms with Gasteiger partial charge in [0, 0.05) is 0 Å². The molecule has 0 N–H and O–H groups in total. The summed E-state index contributed by atoms with van der Waals surface area (Å²) >= 11 is 0. The zero-order chi connectivity index (χ0) is 13.3. The zero-order valence-electron chi connectivity index (χ0n) is 13.3. The van der Waals surface area contributed by atoms with Gasteiger partial charge in [-0.2, -0.15) is 0 Å². The molecule has 3 aliphatic carbocycles. The Labute approximate surface area is 120 Å². The van der Waals surface area contributed by atoms with Gasteiger partial charge in [-0.05, 0) is 47.8 Å². The average Bonchev–Trinajstić information content (AvgIpc) is 2.37. The normalized spacial score (nSPS) is 55.0. The van der Waals surface area contributed by atoms with Crippen molar-refractivity contribution in [3.8, 4) is 0 Å². The third kappa shape index (κ3) is 1.54. The third-order valence-electron chi connectivity index (χ3n) is 8.49. The minimum atomic E-state index is 0.654. The van der Waals surface area contributed by atoms with Gasteiger partial charge in [0.1, 0.15) is 7.28 Å². The van der Waals surface area contributed by atoms with Crippen LogP contribution in [0.25, 0.3) is 0 Å². The van der Waals surface area contributed by atoms with Gasteiger partial charge in [0.15, 0.2) is 0 Å². The van der Waals surface area contributed by atoms with Crippen LogP contribution in [0.1, 0.15) is 72.1 Å². The molecule has 5 unspecified atom stereocenters. The van der Waals surface area contributed by atoms with Crippen LogP contribution in [0.3, 0.4) is 0 Å². The van der Waals surface area contributed by atoms with E-state index in [2.05, 4.69) is 20.8 Å². The summed E-state index contributed by atoms with van der Waals surface area (Å²) in [5, 5.41) is 0. The van der Waals surface area contributed by atoms with Crippen LogP contribution in [-0.2, 0) is 0 Å². The minimum absolute atomic E-state index is 0.654. The second kappa shape index (κ2) is 4.04. The van der Waals surface area contributed by atoms with Crippen molar-refractivity contribution >= 4 is 7.28 Å². The Morgan fingerprint density at radius 2 is 1.58 bits per heavy atom. The molecule has 0 nitrogen and oxygen atoms in total. The number of hydrogen-bond acceptors (Lipinski definition) is 0. The molecule has 3 saturated carbocycles. The lowest BCUT2D eigenvalue weighted by Gasteiger charge is -2.72. The van der Waals surface area contributed by atoms with Gasteiger partial charge in [-0.3, -0.25) is 0 Å². The summed E-state index contributed by atoms with van der Waals surface area (Å²) in [4.78, 5) is 0. The van der Waals surface area contributed by atoms with Crippen LogP contribution in [0.15, 0.2) is 0 Å². The van der Waals surface area contributed by atoms with Crippen LogP contribution >= 0.6 is 0 Å². The summed E-state index contributed by atoms with van der Waals surface area (Å²) in [6.07, 6.45) is 12.5. The topological polar surface area (TPSA) is 0 Å². The Morgan fingerprint density at radius 3 is 2.16 bits per heavy atom. The predicted octanol–water partition coefficient (Wildman–Crippen LogP) is 5.06. The highest BCUT2D eigenvalue weighted by atomic mass is 14.7. The lowest BCUT2D eigenvalue weighted by Crippen LogP contribution is -2.65. The Kier molecular flexibility index (Phi) is 2.72. The van der Waals surface area contributed by atoms with Crippen molar-refractivity contribution < 1.29 is 0 Å². The number of hydrogen-bond donors (Lipinski definition) is 0. The van der Waals surface area contributed by atoms with Gasteiger partial charge in [-0.25, -0.2) is 0 Å². The molecule has 4 bridgehead atoms. The molecule has 5 aliphatic rings. The van der Waals surface area contributed by atoms with Crippen LogP contribution in [0, 0.1) is 28.6 Å². The molecular formula is C18H31B. The molecule has 5 rings (SSSR count). The molecule has 0 aromatic rings. The largest absolute Gasteiger partial charge is 0.127 e. The molecule has 2 aliphatic heterocycles. The first-order valence-electron chi connectivity index (χ1n) is 9.04. The van der Waals surface area contributed by atoms with Crippen LogP contribution in [0.2, 0.25) is 11.6 Å². The summed E-state index contributed by atoms with van der Waals surface area (Å²) in [6.45, 7) is 7.85. The highest BCUT2D eigenvalue weighted by Crippen LogP contribution is 2.75. The summed E-state index contributed by atoms with van der Waals surface area (Å²) in [7, 11) is 1.59. The molecule has 0 aromatic heterocycles. The van der Waals surface area contributed by atoms with Crippen LogP contribution in [0.5, 0.6) is 0 Å². The van der Waals surface area contributed by atoms with Crippen molar-refractivity contribution in [3.63, 3.8) is 0 Å². The Hall–Kier alpha value is 0.0649. The maximum absolute atomic E-state index is 2.63. The standard InChI is InChI=1S/C18H31B/c1-12-7-8-13-11-18(12,17(13,2)3)14-9-15-5-4-6-16(10-14)19-15/h12-16,19H,4-11H2,1-3H3. The fraction of sp³-hybridized carbons (Fsp3) is 1.00. The maximum atomic E-state index is 2.63. The molecule has 2 saturated heterocycles. The molecule has 5 atom stereocenters. The second-order valence-corrected chi connectivity index (χ2v) is 9.21. The quantitative estimate of drug-likeness (QED) is 0.577. The van der Waals surface area contributed by atoms with Gasteiger partial charge >= 0.3 is 0 Å². The zero-order valence-corrected chi connectivity index (χ0v) is 13.3. The fourth-order valence-corrected chi connectivity index (χ4v) is 7.43. The van der Waals surface area contributed by atoms with Gasteiger partial charge in [-0.15, -0.1) is 0 Å². The SMILES string of the molecule is CC1CCC2CC1(C1CC3BC(CCC3)C1)C2(C)C. The van der Waals surface area contributed by atoms with Crippen molar-refractivity contribution in [1.82, 2.24) is 0 Å². The van der Waals surface area contributed by atoms with Gasteiger partial charge in [0.25, 0.3) is 0 Å². The van der Waals surface area contributed by atoms with E-state index in [4.69, 9.17) is 0 Å². The lowest BCUT2D eigenvalue weighted by molar-refractivity contribution is -0.231. The minimum Gasteiger partial charge on any atom is -0.0651 e. The van der Waals surface area contributed by atoms with Crippen molar-refractivity contribution in [2.24, 2.45) is 28.6 Å². The van der Waals surface area contributed by atoms with Crippen molar-refractivity contribution in [3.05, 3.63) is 0 Å². The lowest BCUT2D eigenvalue weighted by atomic mass is 9.29. The number of rotatable bonds is 1. The Morgan fingerprint density at radius 1 is 0.895 bits per heavy atom. The fourth-order valence-electron chi connectivity index (χ4n) is 7.43. The molecule has 0 spiro atoms. The van der Waals surface area contributed by atoms with Crippen molar-refractivity contribution in [2.75, 3.05) is 0 Å².